The number of nitrogens with zero attached hydrogens (tertiary/aromatic N) is 3. The van der Waals surface area contributed by atoms with Crippen molar-refractivity contribution in [1.82, 2.24) is 14.4 Å². The van der Waals surface area contributed by atoms with Gasteiger partial charge >= 0.3 is 0 Å². The second kappa shape index (κ2) is 9.78. The molecule has 0 N–H and O–H groups in total. The van der Waals surface area contributed by atoms with Crippen LogP contribution in [0, 0.1) is 5.92 Å². The van der Waals surface area contributed by atoms with Crippen molar-refractivity contribution in [2.45, 2.75) is 26.2 Å². The zero-order chi connectivity index (χ0) is 19.9. The summed E-state index contributed by atoms with van der Waals surface area (Å²) in [7, 11) is 3.65. The lowest BCUT2D eigenvalue weighted by atomic mass is 9.96. The van der Waals surface area contributed by atoms with Crippen molar-refractivity contribution < 1.29 is 9.53 Å². The minimum Gasteiger partial charge on any atom is -0.497 e. The van der Waals surface area contributed by atoms with Crippen molar-refractivity contribution >= 4 is 5.91 Å². The largest absolute Gasteiger partial charge is 0.497 e. The summed E-state index contributed by atoms with van der Waals surface area (Å²) in [5.74, 6) is 1.61. The van der Waals surface area contributed by atoms with Crippen LogP contribution in [0.1, 0.15) is 35.8 Å². The predicted molar refractivity (Wildman–Crippen MR) is 113 cm³/mol. The number of ether oxygens (including phenoxy) is 1. The van der Waals surface area contributed by atoms with Crippen LogP contribution in [-0.4, -0.2) is 60.1 Å². The Bertz CT molecular complexity index is 771. The quantitative estimate of drug-likeness (QED) is 0.701. The van der Waals surface area contributed by atoms with Gasteiger partial charge in [0.2, 0.25) is 0 Å². The second-order valence-electron chi connectivity index (χ2n) is 7.76. The zero-order valence-electron chi connectivity index (χ0n) is 17.4. The fraction of sp³-hybridized carbons (Fsp3) is 0.522. The summed E-state index contributed by atoms with van der Waals surface area (Å²) >= 11 is 0. The van der Waals surface area contributed by atoms with Gasteiger partial charge in [-0.25, -0.2) is 0 Å². The van der Waals surface area contributed by atoms with Gasteiger partial charge in [-0.2, -0.15) is 0 Å². The van der Waals surface area contributed by atoms with Gasteiger partial charge in [0.15, 0.2) is 0 Å². The number of carbonyl (C=O) groups is 1. The first-order chi connectivity index (χ1) is 13.6. The van der Waals surface area contributed by atoms with Gasteiger partial charge in [0, 0.05) is 39.4 Å². The summed E-state index contributed by atoms with van der Waals surface area (Å²) in [5, 5.41) is 0. The van der Waals surface area contributed by atoms with E-state index in [0.717, 1.165) is 50.6 Å². The van der Waals surface area contributed by atoms with E-state index in [9.17, 15) is 4.79 Å². The Balaban J connectivity index is 1.53. The van der Waals surface area contributed by atoms with Crippen LogP contribution in [0.4, 0.5) is 0 Å². The molecule has 1 aliphatic heterocycles. The van der Waals surface area contributed by atoms with E-state index >= 15 is 0 Å². The van der Waals surface area contributed by atoms with Crippen LogP contribution in [0.5, 0.6) is 5.75 Å². The van der Waals surface area contributed by atoms with Gasteiger partial charge in [0.1, 0.15) is 11.4 Å². The molecule has 0 spiro atoms. The maximum atomic E-state index is 12.9. The van der Waals surface area contributed by atoms with Gasteiger partial charge in [-0.1, -0.05) is 12.1 Å². The van der Waals surface area contributed by atoms with E-state index in [2.05, 4.69) is 30.0 Å². The molecule has 0 radical (unpaired) electrons. The highest BCUT2D eigenvalue weighted by Crippen LogP contribution is 2.20. The number of piperidine rings is 1. The molecule has 1 atom stereocenters. The Hall–Kier alpha value is -2.27. The van der Waals surface area contributed by atoms with Crippen LogP contribution < -0.4 is 4.74 Å². The second-order valence-corrected chi connectivity index (χ2v) is 7.76. The number of methoxy groups -OCH3 is 1. The summed E-state index contributed by atoms with van der Waals surface area (Å²) in [6, 6.07) is 12.2. The Labute approximate surface area is 168 Å². The predicted octanol–water partition coefficient (Wildman–Crippen LogP) is 3.45. The molecule has 1 fully saturated rings. The van der Waals surface area contributed by atoms with Crippen LogP contribution >= 0.6 is 0 Å². The molecule has 1 saturated heterocycles. The highest BCUT2D eigenvalue weighted by atomic mass is 16.5. The maximum absolute atomic E-state index is 12.9. The first-order valence-electron chi connectivity index (χ1n) is 10.4. The van der Waals surface area contributed by atoms with Crippen LogP contribution in [-0.2, 0) is 13.5 Å². The van der Waals surface area contributed by atoms with Crippen LogP contribution in [0.2, 0.25) is 0 Å². The Morgan fingerprint density at radius 1 is 1.29 bits per heavy atom. The molecule has 1 aromatic heterocycles. The number of hydrogen-bond donors (Lipinski definition) is 0. The number of likely N-dealkylation sites (tertiary alicyclic amines) is 1. The van der Waals surface area contributed by atoms with Crippen LogP contribution in [0.25, 0.3) is 0 Å². The standard InChI is InChI=1S/C23H33N3O2/c1-4-26(23(27)22-11-7-13-24(22)2)18-20-9-6-14-25(17-20)15-12-19-8-5-10-21(16-19)28-3/h5,7-8,10-11,13,16,20H,4,6,9,12,14-15,17-18H2,1-3H3/t20-/m0/s1. The minimum atomic E-state index is 0.142. The Kier molecular flexibility index (Phi) is 7.15. The molecule has 0 saturated carbocycles. The third kappa shape index (κ3) is 5.16. The average Bonchev–Trinajstić information content (AvgIpc) is 3.16. The lowest BCUT2D eigenvalue weighted by Crippen LogP contribution is -2.43. The normalized spacial score (nSPS) is 17.5. The molecule has 2 aromatic rings. The van der Waals surface area contributed by atoms with E-state index in [0.29, 0.717) is 5.92 Å². The summed E-state index contributed by atoms with van der Waals surface area (Å²) in [6.45, 7) is 6.95. The van der Waals surface area contributed by atoms with Gasteiger partial charge in [0.05, 0.1) is 7.11 Å². The minimum absolute atomic E-state index is 0.142. The van der Waals surface area contributed by atoms with Gasteiger partial charge in [-0.05, 0) is 68.5 Å². The number of hydrogen-bond acceptors (Lipinski definition) is 3. The van der Waals surface area contributed by atoms with Crippen molar-refractivity contribution in [3.8, 4) is 5.75 Å². The monoisotopic (exact) mass is 383 g/mol. The molecule has 2 heterocycles. The van der Waals surface area contributed by atoms with Crippen molar-refractivity contribution in [1.29, 1.82) is 0 Å². The molecule has 5 heteroatoms. The first kappa shape index (κ1) is 20.5. The summed E-state index contributed by atoms with van der Waals surface area (Å²) in [6.07, 6.45) is 5.37. The molecule has 3 rings (SSSR count). The van der Waals surface area contributed by atoms with Gasteiger partial charge in [0.25, 0.3) is 5.91 Å². The molecular formula is C23H33N3O2. The molecule has 5 nitrogen and oxygen atoms in total. The van der Waals surface area contributed by atoms with Gasteiger partial charge < -0.3 is 19.1 Å². The van der Waals surface area contributed by atoms with Crippen molar-refractivity contribution in [3.05, 3.63) is 53.9 Å². The molecule has 1 aromatic carbocycles. The summed E-state index contributed by atoms with van der Waals surface area (Å²) in [4.78, 5) is 17.4. The molecule has 152 valence electrons. The number of amides is 1. The van der Waals surface area contributed by atoms with E-state index in [1.54, 1.807) is 7.11 Å². The number of carbonyl (C=O) groups excluding carboxylic acids is 1. The molecule has 0 bridgehead atoms. The van der Waals surface area contributed by atoms with E-state index in [4.69, 9.17) is 4.74 Å². The fourth-order valence-electron chi connectivity index (χ4n) is 4.13. The summed E-state index contributed by atoms with van der Waals surface area (Å²) < 4.78 is 7.24. The highest BCUT2D eigenvalue weighted by Gasteiger charge is 2.25. The van der Waals surface area contributed by atoms with Crippen LogP contribution in [0.3, 0.4) is 0 Å². The van der Waals surface area contributed by atoms with E-state index in [1.165, 1.54) is 18.4 Å². The van der Waals surface area contributed by atoms with Crippen molar-refractivity contribution in [3.63, 3.8) is 0 Å². The molecular weight excluding hydrogens is 350 g/mol. The van der Waals surface area contributed by atoms with E-state index in [1.807, 2.05) is 40.9 Å². The molecule has 0 unspecified atom stereocenters. The first-order valence-corrected chi connectivity index (χ1v) is 10.4. The molecule has 1 aliphatic rings. The van der Waals surface area contributed by atoms with Gasteiger partial charge in [-0.3, -0.25) is 4.79 Å². The number of aromatic nitrogens is 1. The SMILES string of the molecule is CCN(C[C@H]1CCCN(CCc2cccc(OC)c2)C1)C(=O)c1cccn1C. The van der Waals surface area contributed by atoms with E-state index < -0.39 is 0 Å². The molecule has 1 amide bonds. The maximum Gasteiger partial charge on any atom is 0.270 e. The van der Waals surface area contributed by atoms with E-state index in [-0.39, 0.29) is 5.91 Å². The highest BCUT2D eigenvalue weighted by molar-refractivity contribution is 5.92. The van der Waals surface area contributed by atoms with Crippen LogP contribution in [0.15, 0.2) is 42.6 Å². The lowest BCUT2D eigenvalue weighted by Gasteiger charge is -2.35. The number of benzene rings is 1. The third-order valence-electron chi connectivity index (χ3n) is 5.76. The third-order valence-corrected chi connectivity index (χ3v) is 5.76. The smallest absolute Gasteiger partial charge is 0.270 e. The van der Waals surface area contributed by atoms with Crippen molar-refractivity contribution in [2.24, 2.45) is 13.0 Å². The van der Waals surface area contributed by atoms with Gasteiger partial charge in [-0.15, -0.1) is 0 Å². The van der Waals surface area contributed by atoms with Crippen molar-refractivity contribution in [2.75, 3.05) is 39.8 Å². The molecule has 0 aliphatic carbocycles. The zero-order valence-corrected chi connectivity index (χ0v) is 17.4. The number of rotatable bonds is 8. The Morgan fingerprint density at radius 3 is 2.86 bits per heavy atom. The Morgan fingerprint density at radius 2 is 2.14 bits per heavy atom. The summed E-state index contributed by atoms with van der Waals surface area (Å²) in [5.41, 5.74) is 2.09. The average molecular weight is 384 g/mol. The topological polar surface area (TPSA) is 37.7 Å². The fourth-order valence-corrected chi connectivity index (χ4v) is 4.13. The molecule has 28 heavy (non-hydrogen) atoms. The number of aryl methyl sites for hydroxylation is 1. The lowest BCUT2D eigenvalue weighted by molar-refractivity contribution is 0.0681.